The molecule has 0 aromatic rings. The highest BCUT2D eigenvalue weighted by Gasteiger charge is 2.51. The normalized spacial score (nSPS) is 17.2. The molecule has 1 aliphatic heterocycles. The van der Waals surface area contributed by atoms with Crippen LogP contribution in [0.3, 0.4) is 0 Å². The van der Waals surface area contributed by atoms with Gasteiger partial charge in [0.15, 0.2) is 18.3 Å². The molecule has 0 aromatic heterocycles. The van der Waals surface area contributed by atoms with E-state index in [4.69, 9.17) is 23.7 Å². The van der Waals surface area contributed by atoms with Crippen LogP contribution in [0.1, 0.15) is 375 Å². The molecule has 9 nitrogen and oxygen atoms in total. The van der Waals surface area contributed by atoms with E-state index in [9.17, 15) is 19.2 Å². The summed E-state index contributed by atoms with van der Waals surface area (Å²) in [6, 6.07) is 0. The molecule has 1 saturated heterocycles. The Kier molecular flexibility index (Phi) is 60.1. The molecule has 0 N–H and O–H groups in total. The molecule has 9 heteroatoms. The SMILES string of the molecule is CCCCC/C=C\C/C=C\CCCCCCCC(=O)O[C@H]1[C@H](OC(=O)CCCCCCC/C=C\CCCCCCCC)[C@@H](OC(=O)CCCCCCCCCCCCCCC)[C@H](C)O[C@@H]1COC(=O)CCCCCCC/C=C\C/C=C\CCCCCC. The van der Waals surface area contributed by atoms with Gasteiger partial charge in [0, 0.05) is 25.7 Å². The van der Waals surface area contributed by atoms with Gasteiger partial charge >= 0.3 is 23.9 Å². The monoisotopic (exact) mass is 1220 g/mol. The first-order valence-corrected chi connectivity index (χ1v) is 37.4. The van der Waals surface area contributed by atoms with Gasteiger partial charge in [-0.1, -0.05) is 288 Å². The highest BCUT2D eigenvalue weighted by atomic mass is 16.7. The quantitative estimate of drug-likeness (QED) is 0.0254. The molecular formula is C78H138O9. The molecular weight excluding hydrogens is 1080 g/mol. The second-order valence-electron chi connectivity index (χ2n) is 25.6. The third kappa shape index (κ3) is 53.0. The van der Waals surface area contributed by atoms with Crippen molar-refractivity contribution in [2.24, 2.45) is 0 Å². The first kappa shape index (κ1) is 81.6. The van der Waals surface area contributed by atoms with Gasteiger partial charge in [0.2, 0.25) is 0 Å². The van der Waals surface area contributed by atoms with E-state index in [1.165, 1.54) is 154 Å². The smallest absolute Gasteiger partial charge is 0.306 e. The number of carbonyl (C=O) groups excluding carboxylic acids is 4. The average molecular weight is 1220 g/mol. The summed E-state index contributed by atoms with van der Waals surface area (Å²) in [6.07, 6.45) is 74.8. The number of hydrogen-bond acceptors (Lipinski definition) is 9. The van der Waals surface area contributed by atoms with Crippen LogP contribution in [0, 0.1) is 0 Å². The molecule has 0 amide bonds. The lowest BCUT2D eigenvalue weighted by molar-refractivity contribution is -0.251. The number of allylic oxidation sites excluding steroid dienone is 10. The molecule has 1 fully saturated rings. The minimum Gasteiger partial charge on any atom is -0.463 e. The molecule has 0 saturated carbocycles. The predicted octanol–water partition coefficient (Wildman–Crippen LogP) is 23.6. The molecule has 0 aliphatic carbocycles. The van der Waals surface area contributed by atoms with Crippen LogP contribution in [0.4, 0.5) is 0 Å². The Morgan fingerprint density at radius 2 is 0.529 bits per heavy atom. The lowest BCUT2D eigenvalue weighted by Gasteiger charge is -2.43. The zero-order valence-corrected chi connectivity index (χ0v) is 57.5. The van der Waals surface area contributed by atoms with Gasteiger partial charge in [0.05, 0.1) is 6.10 Å². The molecule has 0 spiro atoms. The maximum absolute atomic E-state index is 13.9. The van der Waals surface area contributed by atoms with Crippen LogP contribution in [-0.2, 0) is 42.9 Å². The topological polar surface area (TPSA) is 114 Å². The Labute approximate surface area is 537 Å². The van der Waals surface area contributed by atoms with Crippen molar-refractivity contribution in [3.05, 3.63) is 60.8 Å². The summed E-state index contributed by atoms with van der Waals surface area (Å²) in [4.78, 5) is 54.8. The van der Waals surface area contributed by atoms with E-state index < -0.39 is 42.5 Å². The molecule has 1 rings (SSSR count). The molecule has 87 heavy (non-hydrogen) atoms. The van der Waals surface area contributed by atoms with Crippen molar-refractivity contribution in [1.82, 2.24) is 0 Å². The minimum absolute atomic E-state index is 0.174. The maximum Gasteiger partial charge on any atom is 0.306 e. The summed E-state index contributed by atoms with van der Waals surface area (Å²) in [5.41, 5.74) is 0. The van der Waals surface area contributed by atoms with Crippen molar-refractivity contribution >= 4 is 23.9 Å². The minimum atomic E-state index is -1.13. The van der Waals surface area contributed by atoms with Crippen LogP contribution in [0.5, 0.6) is 0 Å². The summed E-state index contributed by atoms with van der Waals surface area (Å²) < 4.78 is 31.2. The van der Waals surface area contributed by atoms with Crippen LogP contribution in [0.2, 0.25) is 0 Å². The van der Waals surface area contributed by atoms with Gasteiger partial charge in [0.1, 0.15) is 12.7 Å². The van der Waals surface area contributed by atoms with Gasteiger partial charge < -0.3 is 23.7 Å². The van der Waals surface area contributed by atoms with E-state index in [0.717, 1.165) is 141 Å². The summed E-state index contributed by atoms with van der Waals surface area (Å²) in [6.45, 7) is 10.6. The van der Waals surface area contributed by atoms with E-state index in [2.05, 4.69) is 88.5 Å². The third-order valence-electron chi connectivity index (χ3n) is 17.1. The van der Waals surface area contributed by atoms with E-state index in [-0.39, 0.29) is 44.2 Å². The standard InChI is InChI=1S/C78H138O9/c1-6-10-14-18-22-26-30-34-37-40-42-45-49-53-57-61-65-72(79)83-69-71-77(86-74(81)67-63-59-55-51-47-43-38-35-31-27-23-19-15-11-7-2)78(87-75(82)68-64-60-56-52-48-44-39-36-32-28-24-20-16-12-8-3)76(70(5)84-71)85-73(80)66-62-58-54-50-46-41-33-29-25-21-17-13-9-4/h23,26-27,30,35-40,70-71,76-78H,6-22,24-25,28-29,31-34,41-69H2,1-5H3/b27-23-,30-26-,38-35-,39-36-,40-37-/t70-,71+,76-,77+,78+/m0/s1. The van der Waals surface area contributed by atoms with Gasteiger partial charge in [0.25, 0.3) is 0 Å². The summed E-state index contributed by atoms with van der Waals surface area (Å²) >= 11 is 0. The van der Waals surface area contributed by atoms with Crippen molar-refractivity contribution in [2.75, 3.05) is 6.61 Å². The van der Waals surface area contributed by atoms with Gasteiger partial charge in [-0.2, -0.15) is 0 Å². The average Bonchev–Trinajstić information content (AvgIpc) is 1.91. The van der Waals surface area contributed by atoms with Crippen molar-refractivity contribution < 1.29 is 42.9 Å². The number of esters is 4. The second kappa shape index (κ2) is 64.1. The summed E-state index contributed by atoms with van der Waals surface area (Å²) in [5.74, 6) is -1.58. The third-order valence-corrected chi connectivity index (χ3v) is 17.1. The van der Waals surface area contributed by atoms with Crippen molar-refractivity contribution in [3.8, 4) is 0 Å². The van der Waals surface area contributed by atoms with E-state index >= 15 is 0 Å². The number of hydrogen-bond donors (Lipinski definition) is 0. The molecule has 1 aliphatic rings. The number of ether oxygens (including phenoxy) is 5. The zero-order valence-electron chi connectivity index (χ0n) is 57.5. The van der Waals surface area contributed by atoms with Gasteiger partial charge in [-0.15, -0.1) is 0 Å². The fourth-order valence-corrected chi connectivity index (χ4v) is 11.5. The van der Waals surface area contributed by atoms with Gasteiger partial charge in [-0.05, 0) is 122 Å². The molecule has 5 atom stereocenters. The lowest BCUT2D eigenvalue weighted by atomic mass is 9.94. The number of unbranched alkanes of at least 4 members (excludes halogenated alkanes) is 40. The van der Waals surface area contributed by atoms with Crippen molar-refractivity contribution in [2.45, 2.75) is 405 Å². The van der Waals surface area contributed by atoms with Crippen LogP contribution < -0.4 is 0 Å². The van der Waals surface area contributed by atoms with Crippen LogP contribution >= 0.6 is 0 Å². The number of rotatable bonds is 63. The fraction of sp³-hybridized carbons (Fsp3) is 0.821. The Morgan fingerprint density at radius 1 is 0.287 bits per heavy atom. The van der Waals surface area contributed by atoms with Crippen LogP contribution in [0.15, 0.2) is 60.8 Å². The molecule has 1 heterocycles. The largest absolute Gasteiger partial charge is 0.463 e. The highest BCUT2D eigenvalue weighted by molar-refractivity contribution is 5.72. The Bertz CT molecular complexity index is 1710. The van der Waals surface area contributed by atoms with Crippen molar-refractivity contribution in [1.29, 1.82) is 0 Å². The second-order valence-corrected chi connectivity index (χ2v) is 25.6. The maximum atomic E-state index is 13.9. The predicted molar refractivity (Wildman–Crippen MR) is 368 cm³/mol. The molecule has 0 radical (unpaired) electrons. The Balaban J connectivity index is 2.99. The molecule has 504 valence electrons. The van der Waals surface area contributed by atoms with Crippen LogP contribution in [-0.4, -0.2) is 61.0 Å². The molecule has 0 unspecified atom stereocenters. The fourth-order valence-electron chi connectivity index (χ4n) is 11.5. The van der Waals surface area contributed by atoms with Crippen molar-refractivity contribution in [3.63, 3.8) is 0 Å². The van der Waals surface area contributed by atoms with Gasteiger partial charge in [-0.25, -0.2) is 0 Å². The Hall–Kier alpha value is -3.46. The van der Waals surface area contributed by atoms with E-state index in [1.54, 1.807) is 6.92 Å². The summed E-state index contributed by atoms with van der Waals surface area (Å²) in [7, 11) is 0. The van der Waals surface area contributed by atoms with Gasteiger partial charge in [-0.3, -0.25) is 19.2 Å². The van der Waals surface area contributed by atoms with E-state index in [1.807, 2.05) is 0 Å². The zero-order chi connectivity index (χ0) is 63.0. The Morgan fingerprint density at radius 3 is 0.874 bits per heavy atom. The first-order chi connectivity index (χ1) is 42.8. The summed E-state index contributed by atoms with van der Waals surface area (Å²) in [5, 5.41) is 0. The molecule has 0 aromatic carbocycles. The van der Waals surface area contributed by atoms with E-state index in [0.29, 0.717) is 19.3 Å². The number of carbonyl (C=O) groups is 4. The first-order valence-electron chi connectivity index (χ1n) is 37.4. The van der Waals surface area contributed by atoms with Crippen LogP contribution in [0.25, 0.3) is 0 Å². The highest BCUT2D eigenvalue weighted by Crippen LogP contribution is 2.31. The molecule has 0 bridgehead atoms. The lowest BCUT2D eigenvalue weighted by Crippen LogP contribution is -2.61.